The molecule has 3 atom stereocenters. The van der Waals surface area contributed by atoms with E-state index < -0.39 is 0 Å². The number of hydrogen-bond donors (Lipinski definition) is 1. The van der Waals surface area contributed by atoms with Crippen LogP contribution in [-0.2, 0) is 4.79 Å². The number of halogens is 1. The molecule has 1 aromatic carbocycles. The van der Waals surface area contributed by atoms with Crippen LogP contribution in [0.3, 0.4) is 0 Å². The van der Waals surface area contributed by atoms with E-state index >= 15 is 0 Å². The lowest BCUT2D eigenvalue weighted by Crippen LogP contribution is -2.32. The highest BCUT2D eigenvalue weighted by atomic mass is 35.5. The van der Waals surface area contributed by atoms with Crippen molar-refractivity contribution in [1.29, 1.82) is 0 Å². The fourth-order valence-corrected chi connectivity index (χ4v) is 2.72. The third-order valence-electron chi connectivity index (χ3n) is 3.97. The quantitative estimate of drug-likeness (QED) is 0.909. The van der Waals surface area contributed by atoms with Gasteiger partial charge in [-0.15, -0.1) is 0 Å². The topological polar surface area (TPSA) is 32.3 Å². The summed E-state index contributed by atoms with van der Waals surface area (Å²) in [5.41, 5.74) is 1.11. The van der Waals surface area contributed by atoms with Crippen LogP contribution in [-0.4, -0.2) is 23.9 Å². The van der Waals surface area contributed by atoms with E-state index in [0.29, 0.717) is 12.5 Å². The molecule has 0 radical (unpaired) electrons. The molecule has 0 bridgehead atoms. The zero-order valence-electron chi connectivity index (χ0n) is 10.4. The zero-order chi connectivity index (χ0) is 12.7. The van der Waals surface area contributed by atoms with Crippen LogP contribution in [0.15, 0.2) is 24.3 Å². The maximum Gasteiger partial charge on any atom is 0.238 e. The van der Waals surface area contributed by atoms with E-state index in [0.717, 1.165) is 23.0 Å². The number of hydrogen-bond acceptors (Lipinski definition) is 2. The molecule has 1 amide bonds. The molecule has 3 unspecified atom stereocenters. The molecule has 3 nitrogen and oxygen atoms in total. The van der Waals surface area contributed by atoms with Gasteiger partial charge in [0.25, 0.3) is 0 Å². The second-order valence-corrected chi connectivity index (χ2v) is 5.79. The second kappa shape index (κ2) is 4.56. The van der Waals surface area contributed by atoms with Gasteiger partial charge in [-0.2, -0.15) is 0 Å². The minimum atomic E-state index is 0.0163. The molecule has 0 spiro atoms. The SMILES string of the molecule is CC1CC1CN1C(=O)CNC1c1ccc(Cl)cc1. The van der Waals surface area contributed by atoms with Crippen LogP contribution in [0.5, 0.6) is 0 Å². The minimum absolute atomic E-state index is 0.0163. The van der Waals surface area contributed by atoms with Crippen molar-refractivity contribution in [2.24, 2.45) is 11.8 Å². The van der Waals surface area contributed by atoms with E-state index in [9.17, 15) is 4.79 Å². The predicted octanol–water partition coefficient (Wildman–Crippen LogP) is 2.43. The van der Waals surface area contributed by atoms with Gasteiger partial charge in [0.05, 0.1) is 6.54 Å². The summed E-state index contributed by atoms with van der Waals surface area (Å²) in [7, 11) is 0. The fourth-order valence-electron chi connectivity index (χ4n) is 2.60. The monoisotopic (exact) mass is 264 g/mol. The Morgan fingerprint density at radius 2 is 2.06 bits per heavy atom. The van der Waals surface area contributed by atoms with Gasteiger partial charge in [-0.05, 0) is 36.0 Å². The summed E-state index contributed by atoms with van der Waals surface area (Å²) >= 11 is 5.90. The Morgan fingerprint density at radius 1 is 1.39 bits per heavy atom. The number of nitrogens with one attached hydrogen (secondary N) is 1. The molecule has 1 heterocycles. The summed E-state index contributed by atoms with van der Waals surface area (Å²) < 4.78 is 0. The Hall–Kier alpha value is -1.06. The van der Waals surface area contributed by atoms with Crippen LogP contribution in [0, 0.1) is 11.8 Å². The Kier molecular flexibility index (Phi) is 3.04. The number of benzene rings is 1. The molecule has 4 heteroatoms. The lowest BCUT2D eigenvalue weighted by atomic mass is 10.1. The van der Waals surface area contributed by atoms with Crippen LogP contribution in [0.25, 0.3) is 0 Å². The van der Waals surface area contributed by atoms with Gasteiger partial charge in [0, 0.05) is 11.6 Å². The van der Waals surface area contributed by atoms with E-state index in [-0.39, 0.29) is 12.1 Å². The van der Waals surface area contributed by atoms with Crippen molar-refractivity contribution < 1.29 is 4.79 Å². The van der Waals surface area contributed by atoms with Gasteiger partial charge in [0.2, 0.25) is 5.91 Å². The highest BCUT2D eigenvalue weighted by Crippen LogP contribution is 2.40. The fraction of sp³-hybridized carbons (Fsp3) is 0.500. The number of carbonyl (C=O) groups is 1. The van der Waals surface area contributed by atoms with Crippen LogP contribution in [0.2, 0.25) is 5.02 Å². The molecule has 96 valence electrons. The largest absolute Gasteiger partial charge is 0.322 e. The van der Waals surface area contributed by atoms with Crippen LogP contribution >= 0.6 is 11.6 Å². The highest BCUT2D eigenvalue weighted by Gasteiger charge is 2.39. The van der Waals surface area contributed by atoms with E-state index in [1.807, 2.05) is 29.2 Å². The molecular formula is C14H17ClN2O. The van der Waals surface area contributed by atoms with Gasteiger partial charge >= 0.3 is 0 Å². The molecular weight excluding hydrogens is 248 g/mol. The first-order valence-electron chi connectivity index (χ1n) is 6.43. The summed E-state index contributed by atoms with van der Waals surface area (Å²) in [5, 5.41) is 4.00. The van der Waals surface area contributed by atoms with Gasteiger partial charge in [-0.25, -0.2) is 0 Å². The molecule has 1 saturated heterocycles. The first-order chi connectivity index (χ1) is 8.65. The average Bonchev–Trinajstić information content (AvgIpc) is 2.93. The van der Waals surface area contributed by atoms with E-state index in [2.05, 4.69) is 12.2 Å². The Balaban J connectivity index is 1.77. The normalized spacial score (nSPS) is 30.9. The second-order valence-electron chi connectivity index (χ2n) is 5.35. The number of nitrogens with zero attached hydrogens (tertiary/aromatic N) is 1. The molecule has 2 fully saturated rings. The number of carbonyl (C=O) groups excluding carboxylic acids is 1. The van der Waals surface area contributed by atoms with Crippen LogP contribution in [0.4, 0.5) is 0 Å². The third kappa shape index (κ3) is 2.25. The molecule has 1 aliphatic heterocycles. The smallest absolute Gasteiger partial charge is 0.238 e. The number of amides is 1. The lowest BCUT2D eigenvalue weighted by molar-refractivity contribution is -0.128. The van der Waals surface area contributed by atoms with Gasteiger partial charge in [-0.1, -0.05) is 30.7 Å². The average molecular weight is 265 g/mol. The van der Waals surface area contributed by atoms with Crippen molar-refractivity contribution in [3.63, 3.8) is 0 Å². The van der Waals surface area contributed by atoms with Gasteiger partial charge < -0.3 is 4.90 Å². The minimum Gasteiger partial charge on any atom is -0.322 e. The maximum absolute atomic E-state index is 11.9. The third-order valence-corrected chi connectivity index (χ3v) is 4.22. The molecule has 18 heavy (non-hydrogen) atoms. The molecule has 0 aromatic heterocycles. The van der Waals surface area contributed by atoms with E-state index in [4.69, 9.17) is 11.6 Å². The first kappa shape index (κ1) is 12.0. The summed E-state index contributed by atoms with van der Waals surface area (Å²) in [6.07, 6.45) is 1.26. The van der Waals surface area contributed by atoms with Crippen molar-refractivity contribution in [1.82, 2.24) is 10.2 Å². The van der Waals surface area contributed by atoms with Crippen molar-refractivity contribution >= 4 is 17.5 Å². The van der Waals surface area contributed by atoms with Crippen molar-refractivity contribution in [3.05, 3.63) is 34.9 Å². The van der Waals surface area contributed by atoms with E-state index in [1.165, 1.54) is 6.42 Å². The Morgan fingerprint density at radius 3 is 2.67 bits per heavy atom. The van der Waals surface area contributed by atoms with Crippen LogP contribution in [0.1, 0.15) is 25.1 Å². The summed E-state index contributed by atoms with van der Waals surface area (Å²) in [6, 6.07) is 7.72. The standard InChI is InChI=1S/C14H17ClN2O/c1-9-6-11(9)8-17-13(18)7-16-14(17)10-2-4-12(15)5-3-10/h2-5,9,11,14,16H,6-8H2,1H3. The molecule has 1 saturated carbocycles. The Bertz CT molecular complexity index is 459. The molecule has 1 aromatic rings. The zero-order valence-corrected chi connectivity index (χ0v) is 11.2. The van der Waals surface area contributed by atoms with Gasteiger partial charge in [-0.3, -0.25) is 10.1 Å². The van der Waals surface area contributed by atoms with Crippen molar-refractivity contribution in [3.8, 4) is 0 Å². The summed E-state index contributed by atoms with van der Waals surface area (Å²) in [6.45, 7) is 3.56. The van der Waals surface area contributed by atoms with Crippen LogP contribution < -0.4 is 5.32 Å². The molecule has 3 rings (SSSR count). The lowest BCUT2D eigenvalue weighted by Gasteiger charge is -2.24. The van der Waals surface area contributed by atoms with E-state index in [1.54, 1.807) is 0 Å². The Labute approximate surface area is 112 Å². The molecule has 1 N–H and O–H groups in total. The molecule has 1 aliphatic carbocycles. The van der Waals surface area contributed by atoms with Crippen molar-refractivity contribution in [2.75, 3.05) is 13.1 Å². The summed E-state index contributed by atoms with van der Waals surface area (Å²) in [4.78, 5) is 13.9. The van der Waals surface area contributed by atoms with Crippen molar-refractivity contribution in [2.45, 2.75) is 19.5 Å². The molecule has 2 aliphatic rings. The van der Waals surface area contributed by atoms with Gasteiger partial charge in [0.15, 0.2) is 0 Å². The summed E-state index contributed by atoms with van der Waals surface area (Å²) in [5.74, 6) is 1.65. The highest BCUT2D eigenvalue weighted by molar-refractivity contribution is 6.30. The number of rotatable bonds is 3. The predicted molar refractivity (Wildman–Crippen MR) is 71.2 cm³/mol. The van der Waals surface area contributed by atoms with Gasteiger partial charge in [0.1, 0.15) is 6.17 Å². The maximum atomic E-state index is 11.9. The first-order valence-corrected chi connectivity index (χ1v) is 6.81.